The van der Waals surface area contributed by atoms with Gasteiger partial charge in [0.25, 0.3) is 5.91 Å². The Balaban J connectivity index is 1.67. The number of halogens is 1. The maximum absolute atomic E-state index is 12.1. The number of nitrogens with zero attached hydrogens (tertiary/aromatic N) is 2. The van der Waals surface area contributed by atoms with Gasteiger partial charge in [-0.2, -0.15) is 10.2 Å². The number of aromatic hydroxyl groups is 1. The number of nitrogens with one attached hydrogen (secondary N) is 2. The summed E-state index contributed by atoms with van der Waals surface area (Å²) < 4.78 is 4.96. The lowest BCUT2D eigenvalue weighted by molar-refractivity contribution is 0.0950. The van der Waals surface area contributed by atoms with E-state index in [1.54, 1.807) is 24.3 Å². The monoisotopic (exact) mass is 370 g/mol. The van der Waals surface area contributed by atoms with Gasteiger partial charge in [-0.05, 0) is 35.9 Å². The fraction of sp³-hybridized carbons (Fsp3) is 0.0556. The zero-order valence-corrected chi connectivity index (χ0v) is 14.5. The second kappa shape index (κ2) is 7.71. The van der Waals surface area contributed by atoms with E-state index in [2.05, 4.69) is 20.7 Å². The molecule has 132 valence electrons. The molecule has 0 spiro atoms. The number of H-pyrrole nitrogens is 1. The van der Waals surface area contributed by atoms with E-state index < -0.39 is 5.91 Å². The Morgan fingerprint density at radius 1 is 1.31 bits per heavy atom. The molecular weight excluding hydrogens is 356 g/mol. The van der Waals surface area contributed by atoms with Crippen molar-refractivity contribution in [3.8, 4) is 22.8 Å². The molecule has 3 aromatic rings. The number of amides is 1. The summed E-state index contributed by atoms with van der Waals surface area (Å²) in [6, 6.07) is 13.6. The normalized spacial score (nSPS) is 10.8. The first-order valence-corrected chi connectivity index (χ1v) is 7.97. The van der Waals surface area contributed by atoms with Crippen molar-refractivity contribution in [1.82, 2.24) is 15.6 Å². The van der Waals surface area contributed by atoms with Crippen molar-refractivity contribution in [2.24, 2.45) is 5.10 Å². The molecule has 0 saturated heterocycles. The lowest BCUT2D eigenvalue weighted by Crippen LogP contribution is -2.17. The summed E-state index contributed by atoms with van der Waals surface area (Å²) in [6.07, 6.45) is 1.41. The molecule has 7 nitrogen and oxygen atoms in total. The highest BCUT2D eigenvalue weighted by Gasteiger charge is 2.12. The Labute approximate surface area is 154 Å². The molecule has 0 saturated carbocycles. The predicted octanol–water partition coefficient (Wildman–Crippen LogP) is 3.21. The molecule has 0 aliphatic rings. The predicted molar refractivity (Wildman–Crippen MR) is 98.8 cm³/mol. The van der Waals surface area contributed by atoms with E-state index in [0.29, 0.717) is 22.0 Å². The number of hydrogen-bond donors (Lipinski definition) is 3. The number of phenols is 1. The first-order valence-electron chi connectivity index (χ1n) is 7.59. The van der Waals surface area contributed by atoms with Gasteiger partial charge in [-0.15, -0.1) is 0 Å². The quantitative estimate of drug-likeness (QED) is 0.474. The summed E-state index contributed by atoms with van der Waals surface area (Å²) in [5, 5.41) is 20.9. The zero-order chi connectivity index (χ0) is 18.5. The second-order valence-electron chi connectivity index (χ2n) is 5.28. The van der Waals surface area contributed by atoms with Crippen LogP contribution in [0.1, 0.15) is 16.1 Å². The molecule has 1 amide bonds. The summed E-state index contributed by atoms with van der Waals surface area (Å²) in [7, 11) is 1.46. The number of methoxy groups -OCH3 is 1. The number of benzene rings is 2. The minimum Gasteiger partial charge on any atom is -0.504 e. The number of ether oxygens (including phenoxy) is 1. The van der Waals surface area contributed by atoms with Crippen molar-refractivity contribution in [2.75, 3.05) is 7.11 Å². The maximum Gasteiger partial charge on any atom is 0.289 e. The number of hydrogen-bond acceptors (Lipinski definition) is 5. The molecule has 0 atom stereocenters. The number of phenolic OH excluding ortho intramolecular Hbond substituents is 1. The highest BCUT2D eigenvalue weighted by molar-refractivity contribution is 6.33. The van der Waals surface area contributed by atoms with Crippen LogP contribution in [-0.4, -0.2) is 34.5 Å². The smallest absolute Gasteiger partial charge is 0.289 e. The number of carbonyl (C=O) groups excluding carboxylic acids is 1. The lowest BCUT2D eigenvalue weighted by Gasteiger charge is -2.03. The van der Waals surface area contributed by atoms with E-state index >= 15 is 0 Å². The number of rotatable bonds is 5. The Morgan fingerprint density at radius 2 is 2.12 bits per heavy atom. The van der Waals surface area contributed by atoms with Crippen LogP contribution in [0.15, 0.2) is 53.6 Å². The number of hydrazone groups is 1. The van der Waals surface area contributed by atoms with Crippen LogP contribution in [0.3, 0.4) is 0 Å². The van der Waals surface area contributed by atoms with Gasteiger partial charge in [0.15, 0.2) is 11.5 Å². The molecule has 3 N–H and O–H groups in total. The highest BCUT2D eigenvalue weighted by Crippen LogP contribution is 2.26. The van der Waals surface area contributed by atoms with E-state index in [4.69, 9.17) is 16.3 Å². The summed E-state index contributed by atoms with van der Waals surface area (Å²) >= 11 is 6.13. The Morgan fingerprint density at radius 3 is 2.85 bits per heavy atom. The van der Waals surface area contributed by atoms with Gasteiger partial charge < -0.3 is 9.84 Å². The Kier molecular flexibility index (Phi) is 5.19. The third-order valence-corrected chi connectivity index (χ3v) is 3.88. The van der Waals surface area contributed by atoms with Gasteiger partial charge in [-0.1, -0.05) is 29.8 Å². The third kappa shape index (κ3) is 3.84. The largest absolute Gasteiger partial charge is 0.504 e. The van der Waals surface area contributed by atoms with Gasteiger partial charge in [0.2, 0.25) is 0 Å². The van der Waals surface area contributed by atoms with Gasteiger partial charge in [0, 0.05) is 5.56 Å². The van der Waals surface area contributed by atoms with Gasteiger partial charge in [0.1, 0.15) is 5.69 Å². The maximum atomic E-state index is 12.1. The molecule has 0 aliphatic carbocycles. The minimum atomic E-state index is -0.454. The molecule has 0 fully saturated rings. The Hall–Kier alpha value is -3.32. The van der Waals surface area contributed by atoms with Crippen LogP contribution in [0.25, 0.3) is 11.3 Å². The van der Waals surface area contributed by atoms with Crippen molar-refractivity contribution in [3.05, 3.63) is 64.8 Å². The fourth-order valence-electron chi connectivity index (χ4n) is 2.26. The average Bonchev–Trinajstić information content (AvgIpc) is 3.12. The molecule has 1 heterocycles. The van der Waals surface area contributed by atoms with E-state index in [-0.39, 0.29) is 11.4 Å². The second-order valence-corrected chi connectivity index (χ2v) is 5.68. The summed E-state index contributed by atoms with van der Waals surface area (Å²) in [5.41, 5.74) is 4.52. The van der Waals surface area contributed by atoms with Crippen molar-refractivity contribution < 1.29 is 14.6 Å². The van der Waals surface area contributed by atoms with Crippen LogP contribution in [0.4, 0.5) is 0 Å². The van der Waals surface area contributed by atoms with Crippen LogP contribution in [0.2, 0.25) is 5.02 Å². The average molecular weight is 371 g/mol. The molecule has 26 heavy (non-hydrogen) atoms. The fourth-order valence-corrected chi connectivity index (χ4v) is 2.49. The highest BCUT2D eigenvalue weighted by atomic mass is 35.5. The van der Waals surface area contributed by atoms with Gasteiger partial charge >= 0.3 is 0 Å². The molecule has 0 aliphatic heterocycles. The molecular formula is C18H15ClN4O3. The molecule has 0 unspecified atom stereocenters. The van der Waals surface area contributed by atoms with E-state index in [0.717, 1.165) is 5.56 Å². The van der Waals surface area contributed by atoms with Crippen molar-refractivity contribution >= 4 is 23.7 Å². The first kappa shape index (κ1) is 17.5. The third-order valence-electron chi connectivity index (χ3n) is 3.55. The molecule has 3 rings (SSSR count). The first-order chi connectivity index (χ1) is 12.6. The van der Waals surface area contributed by atoms with Crippen molar-refractivity contribution in [3.63, 3.8) is 0 Å². The van der Waals surface area contributed by atoms with Gasteiger partial charge in [0.05, 0.1) is 24.0 Å². The van der Waals surface area contributed by atoms with E-state index in [1.165, 1.54) is 19.4 Å². The zero-order valence-electron chi connectivity index (χ0n) is 13.7. The minimum absolute atomic E-state index is 0.0132. The van der Waals surface area contributed by atoms with Gasteiger partial charge in [-0.25, -0.2) is 5.43 Å². The molecule has 2 aromatic carbocycles. The van der Waals surface area contributed by atoms with Crippen molar-refractivity contribution in [2.45, 2.75) is 0 Å². The number of carbonyl (C=O) groups is 1. The number of aromatic amines is 1. The van der Waals surface area contributed by atoms with Crippen LogP contribution >= 0.6 is 11.6 Å². The standard InChI is InChI=1S/C18H15ClN4O3/c1-26-17-7-6-11(8-16(17)24)10-20-23-18(25)15-9-14(21-22-15)12-4-2-3-5-13(12)19/h2-10,24H,1H3,(H,21,22)(H,23,25)/b20-10+. The van der Waals surface area contributed by atoms with Crippen LogP contribution in [-0.2, 0) is 0 Å². The van der Waals surface area contributed by atoms with Crippen molar-refractivity contribution in [1.29, 1.82) is 0 Å². The molecule has 0 radical (unpaired) electrons. The van der Waals surface area contributed by atoms with E-state index in [1.807, 2.05) is 18.2 Å². The van der Waals surface area contributed by atoms with E-state index in [9.17, 15) is 9.90 Å². The molecule has 0 bridgehead atoms. The van der Waals surface area contributed by atoms with Gasteiger partial charge in [-0.3, -0.25) is 9.89 Å². The van der Waals surface area contributed by atoms with Crippen LogP contribution < -0.4 is 10.2 Å². The van der Waals surface area contributed by atoms with Crippen LogP contribution in [0, 0.1) is 0 Å². The van der Waals surface area contributed by atoms with Crippen LogP contribution in [0.5, 0.6) is 11.5 Å². The summed E-state index contributed by atoms with van der Waals surface area (Å²) in [6.45, 7) is 0. The lowest BCUT2D eigenvalue weighted by atomic mass is 10.1. The summed E-state index contributed by atoms with van der Waals surface area (Å²) in [4.78, 5) is 12.1. The molecule has 8 heteroatoms. The number of aromatic nitrogens is 2. The summed E-state index contributed by atoms with van der Waals surface area (Å²) in [5.74, 6) is -0.110. The Bertz CT molecular complexity index is 969. The topological polar surface area (TPSA) is 99.6 Å². The molecule has 1 aromatic heterocycles. The SMILES string of the molecule is COc1ccc(/C=N/NC(=O)c2cc(-c3ccccc3Cl)n[nH]2)cc1O.